The first-order chi connectivity index (χ1) is 14.7. The van der Waals surface area contributed by atoms with Gasteiger partial charge in [0.1, 0.15) is 11.4 Å². The number of esters is 1. The molecule has 4 heterocycles. The minimum atomic E-state index is -0.546. The SMILES string of the molecule is CCOC(=O)c1cn[nH]c1-n1ccc2c(cnc3nc(C4CCCCC4)nn32)c1=O. The average molecular weight is 407 g/mol. The number of H-pyrrole nitrogens is 1. The highest BCUT2D eigenvalue weighted by Crippen LogP contribution is 2.31. The van der Waals surface area contributed by atoms with Crippen LogP contribution in [0.25, 0.3) is 22.5 Å². The van der Waals surface area contributed by atoms with Crippen LogP contribution in [-0.2, 0) is 4.74 Å². The Bertz CT molecular complexity index is 1300. The Labute approximate surface area is 170 Å². The normalized spacial score (nSPS) is 15.1. The molecule has 0 unspecified atom stereocenters. The summed E-state index contributed by atoms with van der Waals surface area (Å²) >= 11 is 0. The van der Waals surface area contributed by atoms with Gasteiger partial charge in [-0.25, -0.2) is 9.78 Å². The zero-order valence-electron chi connectivity index (χ0n) is 16.5. The molecule has 0 spiro atoms. The van der Waals surface area contributed by atoms with Crippen molar-refractivity contribution in [3.8, 4) is 5.82 Å². The third-order valence-corrected chi connectivity index (χ3v) is 5.58. The zero-order chi connectivity index (χ0) is 20.7. The molecule has 1 aliphatic carbocycles. The van der Waals surface area contributed by atoms with E-state index in [-0.39, 0.29) is 23.5 Å². The number of carbonyl (C=O) groups excluding carboxylic acids is 1. The van der Waals surface area contributed by atoms with Gasteiger partial charge in [0.2, 0.25) is 0 Å². The molecule has 0 radical (unpaired) electrons. The van der Waals surface area contributed by atoms with Crippen molar-refractivity contribution in [1.82, 2.24) is 34.3 Å². The highest BCUT2D eigenvalue weighted by molar-refractivity contribution is 5.92. The van der Waals surface area contributed by atoms with Crippen LogP contribution in [0.5, 0.6) is 0 Å². The summed E-state index contributed by atoms with van der Waals surface area (Å²) < 4.78 is 8.00. The van der Waals surface area contributed by atoms with Gasteiger partial charge < -0.3 is 4.74 Å². The molecule has 4 aromatic rings. The van der Waals surface area contributed by atoms with Crippen molar-refractivity contribution < 1.29 is 9.53 Å². The van der Waals surface area contributed by atoms with E-state index in [2.05, 4.69) is 25.3 Å². The minimum Gasteiger partial charge on any atom is -0.462 e. The van der Waals surface area contributed by atoms with E-state index in [4.69, 9.17) is 4.74 Å². The van der Waals surface area contributed by atoms with Crippen LogP contribution in [0.15, 0.2) is 29.5 Å². The molecule has 154 valence electrons. The Balaban J connectivity index is 1.62. The van der Waals surface area contributed by atoms with Crippen molar-refractivity contribution in [3.63, 3.8) is 0 Å². The number of ether oxygens (including phenoxy) is 1. The summed E-state index contributed by atoms with van der Waals surface area (Å²) in [5.41, 5.74) is 0.465. The zero-order valence-corrected chi connectivity index (χ0v) is 16.5. The van der Waals surface area contributed by atoms with Gasteiger partial charge in [-0.1, -0.05) is 19.3 Å². The fourth-order valence-corrected chi connectivity index (χ4v) is 4.07. The molecule has 10 nitrogen and oxygen atoms in total. The predicted molar refractivity (Wildman–Crippen MR) is 108 cm³/mol. The monoisotopic (exact) mass is 407 g/mol. The van der Waals surface area contributed by atoms with E-state index in [1.54, 1.807) is 23.7 Å². The van der Waals surface area contributed by atoms with Crippen molar-refractivity contribution >= 4 is 22.6 Å². The molecule has 0 saturated heterocycles. The molecule has 4 aromatic heterocycles. The number of hydrogen-bond donors (Lipinski definition) is 1. The Morgan fingerprint density at radius 3 is 2.90 bits per heavy atom. The van der Waals surface area contributed by atoms with E-state index in [0.29, 0.717) is 22.6 Å². The highest BCUT2D eigenvalue weighted by atomic mass is 16.5. The van der Waals surface area contributed by atoms with Gasteiger partial charge in [0.25, 0.3) is 11.3 Å². The Morgan fingerprint density at radius 2 is 2.10 bits per heavy atom. The van der Waals surface area contributed by atoms with E-state index < -0.39 is 5.97 Å². The van der Waals surface area contributed by atoms with Gasteiger partial charge in [-0.05, 0) is 25.8 Å². The fraction of sp³-hybridized carbons (Fsp3) is 0.400. The van der Waals surface area contributed by atoms with E-state index >= 15 is 0 Å². The van der Waals surface area contributed by atoms with Crippen molar-refractivity contribution in [3.05, 3.63) is 46.4 Å². The standard InChI is InChI=1S/C20H21N7O3/c1-2-30-19(29)14-11-22-24-17(14)26-9-8-15-13(18(26)28)10-21-20-23-16(25-27(15)20)12-6-4-3-5-7-12/h8-12H,2-7H2,1H3,(H,22,24). The summed E-state index contributed by atoms with van der Waals surface area (Å²) in [6.07, 6.45) is 10.2. The van der Waals surface area contributed by atoms with E-state index in [1.165, 1.54) is 36.2 Å². The summed E-state index contributed by atoms with van der Waals surface area (Å²) in [7, 11) is 0. The Hall–Kier alpha value is -3.56. The minimum absolute atomic E-state index is 0.188. The lowest BCUT2D eigenvalue weighted by Crippen LogP contribution is -2.21. The third kappa shape index (κ3) is 2.95. The van der Waals surface area contributed by atoms with Crippen LogP contribution >= 0.6 is 0 Å². The number of aromatic amines is 1. The van der Waals surface area contributed by atoms with Crippen LogP contribution in [0.1, 0.15) is 61.1 Å². The van der Waals surface area contributed by atoms with Gasteiger partial charge in [0, 0.05) is 18.3 Å². The number of hydrogen-bond acceptors (Lipinski definition) is 7. The highest BCUT2D eigenvalue weighted by Gasteiger charge is 2.22. The summed E-state index contributed by atoms with van der Waals surface area (Å²) in [6.45, 7) is 1.95. The molecule has 1 fully saturated rings. The second-order valence-electron chi connectivity index (χ2n) is 7.42. The van der Waals surface area contributed by atoms with Gasteiger partial charge in [-0.15, -0.1) is 5.10 Å². The van der Waals surface area contributed by atoms with Gasteiger partial charge in [-0.2, -0.15) is 14.6 Å². The largest absolute Gasteiger partial charge is 0.462 e. The number of aromatic nitrogens is 7. The van der Waals surface area contributed by atoms with Crippen LogP contribution in [0, 0.1) is 0 Å². The van der Waals surface area contributed by atoms with E-state index in [1.807, 2.05) is 0 Å². The number of fused-ring (bicyclic) bond motifs is 3. The Kier molecular flexibility index (Phi) is 4.53. The summed E-state index contributed by atoms with van der Waals surface area (Å²) in [5, 5.41) is 11.6. The van der Waals surface area contributed by atoms with Gasteiger partial charge in [-0.3, -0.25) is 14.5 Å². The smallest absolute Gasteiger partial charge is 0.343 e. The molecule has 0 aliphatic heterocycles. The summed E-state index contributed by atoms with van der Waals surface area (Å²) in [5.74, 6) is 1.32. The molecular weight excluding hydrogens is 386 g/mol. The Morgan fingerprint density at radius 1 is 1.27 bits per heavy atom. The van der Waals surface area contributed by atoms with Gasteiger partial charge in [0.15, 0.2) is 5.82 Å². The van der Waals surface area contributed by atoms with E-state index in [9.17, 15) is 9.59 Å². The second-order valence-corrected chi connectivity index (χ2v) is 7.42. The lowest BCUT2D eigenvalue weighted by molar-refractivity contribution is 0.0526. The van der Waals surface area contributed by atoms with Crippen molar-refractivity contribution in [1.29, 1.82) is 0 Å². The second kappa shape index (κ2) is 7.36. The molecule has 0 bridgehead atoms. The van der Waals surface area contributed by atoms with Crippen molar-refractivity contribution in [2.24, 2.45) is 0 Å². The number of nitrogens with zero attached hydrogens (tertiary/aromatic N) is 6. The molecule has 30 heavy (non-hydrogen) atoms. The fourth-order valence-electron chi connectivity index (χ4n) is 4.07. The molecule has 0 aromatic carbocycles. The lowest BCUT2D eigenvalue weighted by Gasteiger charge is -2.17. The molecule has 1 aliphatic rings. The number of carbonyl (C=O) groups is 1. The maximum absolute atomic E-state index is 13.2. The van der Waals surface area contributed by atoms with Gasteiger partial charge in [0.05, 0.1) is 23.7 Å². The van der Waals surface area contributed by atoms with E-state index in [0.717, 1.165) is 18.7 Å². The van der Waals surface area contributed by atoms with Gasteiger partial charge >= 0.3 is 5.97 Å². The van der Waals surface area contributed by atoms with Crippen LogP contribution in [0.2, 0.25) is 0 Å². The first-order valence-electron chi connectivity index (χ1n) is 10.1. The molecule has 5 rings (SSSR count). The number of nitrogens with one attached hydrogen (secondary N) is 1. The van der Waals surface area contributed by atoms with Crippen LogP contribution in [0.3, 0.4) is 0 Å². The van der Waals surface area contributed by atoms with Crippen LogP contribution in [-0.4, -0.2) is 46.9 Å². The molecule has 0 atom stereocenters. The molecule has 10 heteroatoms. The molecule has 1 saturated carbocycles. The molecule has 0 amide bonds. The topological polar surface area (TPSA) is 120 Å². The maximum atomic E-state index is 13.2. The number of rotatable bonds is 4. The van der Waals surface area contributed by atoms with Crippen LogP contribution in [0.4, 0.5) is 0 Å². The molecule has 1 N–H and O–H groups in total. The number of pyridine rings is 1. The summed E-state index contributed by atoms with van der Waals surface area (Å²) in [4.78, 5) is 34.3. The maximum Gasteiger partial charge on any atom is 0.343 e. The first-order valence-corrected chi connectivity index (χ1v) is 10.1. The van der Waals surface area contributed by atoms with Crippen LogP contribution < -0.4 is 5.56 Å². The third-order valence-electron chi connectivity index (χ3n) is 5.58. The summed E-state index contributed by atoms with van der Waals surface area (Å²) in [6, 6.07) is 1.76. The van der Waals surface area contributed by atoms with Crippen molar-refractivity contribution in [2.75, 3.05) is 6.61 Å². The lowest BCUT2D eigenvalue weighted by atomic mass is 9.89. The van der Waals surface area contributed by atoms with Crippen molar-refractivity contribution in [2.45, 2.75) is 44.9 Å². The molecular formula is C20H21N7O3. The first kappa shape index (κ1) is 18.5. The average Bonchev–Trinajstić information content (AvgIpc) is 3.42. The quantitative estimate of drug-likeness (QED) is 0.516. The predicted octanol–water partition coefficient (Wildman–Crippen LogP) is 2.38.